The van der Waals surface area contributed by atoms with Crippen molar-refractivity contribution in [2.24, 2.45) is 10.9 Å². The minimum absolute atomic E-state index is 0.0982. The monoisotopic (exact) mass is 536 g/mol. The molecule has 2 atom stereocenters. The number of ether oxygens (including phenoxy) is 3. The number of likely N-dealkylation sites (tertiary alicyclic amines) is 1. The summed E-state index contributed by atoms with van der Waals surface area (Å²) in [4.78, 5) is 24.1. The van der Waals surface area contributed by atoms with Crippen molar-refractivity contribution in [2.75, 3.05) is 71.0 Å². The Labute approximate surface area is 230 Å². The Morgan fingerprint density at radius 1 is 1.18 bits per heavy atom. The van der Waals surface area contributed by atoms with Crippen molar-refractivity contribution < 1.29 is 19.0 Å². The molecule has 6 rings (SSSR count). The average Bonchev–Trinajstić information content (AvgIpc) is 3.40. The molecular formula is C29H40N6O4. The maximum atomic E-state index is 12.4. The summed E-state index contributed by atoms with van der Waals surface area (Å²) in [6.07, 6.45) is 10.2. The van der Waals surface area contributed by atoms with Crippen molar-refractivity contribution in [3.8, 4) is 0 Å². The number of amides is 1. The van der Waals surface area contributed by atoms with Gasteiger partial charge in [-0.1, -0.05) is 6.08 Å². The number of hydrogen-bond acceptors (Lipinski definition) is 8. The van der Waals surface area contributed by atoms with Gasteiger partial charge in [-0.15, -0.1) is 0 Å². The molecule has 3 saturated heterocycles. The van der Waals surface area contributed by atoms with Crippen LogP contribution in [0, 0.1) is 5.92 Å². The molecule has 0 spiro atoms. The summed E-state index contributed by atoms with van der Waals surface area (Å²) < 4.78 is 18.7. The topological polar surface area (TPSA) is 84.1 Å². The molecule has 2 aromatic rings. The van der Waals surface area contributed by atoms with Gasteiger partial charge in [0.05, 0.1) is 35.7 Å². The van der Waals surface area contributed by atoms with E-state index in [2.05, 4.69) is 59.2 Å². The summed E-state index contributed by atoms with van der Waals surface area (Å²) in [5, 5.41) is 4.57. The zero-order chi connectivity index (χ0) is 27.0. The predicted octanol–water partition coefficient (Wildman–Crippen LogP) is 2.86. The number of carbonyl (C=O) groups excluding carboxylic acids is 1. The molecule has 0 N–H and O–H groups in total. The average molecular weight is 537 g/mol. The molecule has 1 amide bonds. The first-order chi connectivity index (χ1) is 19.0. The van der Waals surface area contributed by atoms with E-state index in [1.165, 1.54) is 0 Å². The molecule has 1 unspecified atom stereocenters. The smallest absolute Gasteiger partial charge is 0.410 e. The van der Waals surface area contributed by atoms with Gasteiger partial charge in [0, 0.05) is 76.3 Å². The van der Waals surface area contributed by atoms with E-state index < -0.39 is 0 Å². The highest BCUT2D eigenvalue weighted by Crippen LogP contribution is 2.35. The normalized spacial score (nSPS) is 26.7. The summed E-state index contributed by atoms with van der Waals surface area (Å²) in [5.41, 5.74) is 4.02. The van der Waals surface area contributed by atoms with Crippen LogP contribution in [0.1, 0.15) is 32.3 Å². The van der Waals surface area contributed by atoms with E-state index in [1.807, 2.05) is 17.8 Å². The third kappa shape index (κ3) is 5.17. The largest absolute Gasteiger partial charge is 0.441 e. The number of carbonyl (C=O) groups is 1. The van der Waals surface area contributed by atoms with Gasteiger partial charge in [0.1, 0.15) is 0 Å². The number of anilines is 1. The van der Waals surface area contributed by atoms with Crippen molar-refractivity contribution >= 4 is 23.0 Å². The Kier molecular flexibility index (Phi) is 7.35. The lowest BCUT2D eigenvalue weighted by Gasteiger charge is -2.47. The van der Waals surface area contributed by atoms with Gasteiger partial charge in [-0.3, -0.25) is 9.89 Å². The molecule has 4 aliphatic rings. The SMILES string of the molecule is CO[C@]1(C2C=CC(c3cc4c(N5CCN(C(=O)OC6COC6)CC5)ccnn4c3)=NC2)CCCN(C(C)C)C1. The van der Waals surface area contributed by atoms with Crippen LogP contribution in [0.15, 0.2) is 41.7 Å². The van der Waals surface area contributed by atoms with E-state index >= 15 is 0 Å². The number of aromatic nitrogens is 2. The highest BCUT2D eigenvalue weighted by molar-refractivity contribution is 6.10. The van der Waals surface area contributed by atoms with E-state index in [1.54, 1.807) is 4.90 Å². The molecule has 39 heavy (non-hydrogen) atoms. The van der Waals surface area contributed by atoms with Crippen LogP contribution in [0.5, 0.6) is 0 Å². The molecule has 6 heterocycles. The van der Waals surface area contributed by atoms with Crippen LogP contribution >= 0.6 is 0 Å². The van der Waals surface area contributed by atoms with Crippen molar-refractivity contribution in [1.29, 1.82) is 0 Å². The minimum Gasteiger partial charge on any atom is -0.441 e. The van der Waals surface area contributed by atoms with E-state index in [0.717, 1.165) is 68.0 Å². The highest BCUT2D eigenvalue weighted by atomic mass is 16.6. The van der Waals surface area contributed by atoms with Crippen molar-refractivity contribution in [1.82, 2.24) is 19.4 Å². The van der Waals surface area contributed by atoms with Crippen LogP contribution in [0.25, 0.3) is 5.52 Å². The highest BCUT2D eigenvalue weighted by Gasteiger charge is 2.42. The lowest BCUT2D eigenvalue weighted by atomic mass is 9.78. The molecule has 10 nitrogen and oxygen atoms in total. The lowest BCUT2D eigenvalue weighted by Crippen LogP contribution is -2.56. The van der Waals surface area contributed by atoms with E-state index in [0.29, 0.717) is 32.3 Å². The minimum atomic E-state index is -0.242. The number of fused-ring (bicyclic) bond motifs is 1. The number of piperazine rings is 1. The number of hydrogen-bond donors (Lipinski definition) is 0. The summed E-state index contributed by atoms with van der Waals surface area (Å²) in [6, 6.07) is 4.75. The Balaban J connectivity index is 1.14. The first-order valence-corrected chi connectivity index (χ1v) is 14.2. The number of methoxy groups -OCH3 is 1. The molecule has 0 radical (unpaired) electrons. The van der Waals surface area contributed by atoms with Crippen molar-refractivity contribution in [3.05, 3.63) is 42.2 Å². The molecular weight excluding hydrogens is 496 g/mol. The van der Waals surface area contributed by atoms with Crippen LogP contribution in [-0.4, -0.2) is 115 Å². The van der Waals surface area contributed by atoms with Crippen LogP contribution < -0.4 is 4.90 Å². The molecule has 3 fully saturated rings. The van der Waals surface area contributed by atoms with Crippen LogP contribution in [-0.2, 0) is 14.2 Å². The molecule has 0 aromatic carbocycles. The Bertz CT molecular complexity index is 1250. The van der Waals surface area contributed by atoms with Gasteiger partial charge in [-0.05, 0) is 51.4 Å². The number of allylic oxidation sites excluding steroid dienone is 1. The fraction of sp³-hybridized carbons (Fsp3) is 0.621. The van der Waals surface area contributed by atoms with Crippen LogP contribution in [0.3, 0.4) is 0 Å². The summed E-state index contributed by atoms with van der Waals surface area (Å²) in [5.74, 6) is 0.262. The number of piperidine rings is 1. The second kappa shape index (κ2) is 10.9. The summed E-state index contributed by atoms with van der Waals surface area (Å²) >= 11 is 0. The van der Waals surface area contributed by atoms with Gasteiger partial charge >= 0.3 is 6.09 Å². The standard InChI is InChI=1S/C29H40N6O4/c1-21(2)34-10-4-8-29(20-34,37-3)23-5-6-25(30-16-23)22-15-27-26(7-9-31-35(27)17-22)32-11-13-33(14-12-32)28(36)39-24-18-38-19-24/h5-7,9,15,17,21,23-24H,4,8,10-14,16,18-20H2,1-3H3/t23?,29-/m1/s1. The number of nitrogens with zero attached hydrogens (tertiary/aromatic N) is 6. The first kappa shape index (κ1) is 26.3. The molecule has 0 saturated carbocycles. The fourth-order valence-electron chi connectivity index (χ4n) is 6.23. The number of rotatable bonds is 6. The van der Waals surface area contributed by atoms with Gasteiger partial charge in [0.15, 0.2) is 6.10 Å². The lowest BCUT2D eigenvalue weighted by molar-refractivity contribution is -0.104. The van der Waals surface area contributed by atoms with Gasteiger partial charge in [-0.25, -0.2) is 9.31 Å². The Hall–Kier alpha value is -2.95. The third-order valence-electron chi connectivity index (χ3n) is 8.81. The molecule has 0 aliphatic carbocycles. The first-order valence-electron chi connectivity index (χ1n) is 14.2. The third-order valence-corrected chi connectivity index (χ3v) is 8.81. The summed E-state index contributed by atoms with van der Waals surface area (Å²) in [6.45, 7) is 11.1. The fourth-order valence-corrected chi connectivity index (χ4v) is 6.23. The van der Waals surface area contributed by atoms with Gasteiger partial charge in [-0.2, -0.15) is 5.10 Å². The zero-order valence-electron chi connectivity index (χ0n) is 23.3. The molecule has 4 aliphatic heterocycles. The van der Waals surface area contributed by atoms with Crippen molar-refractivity contribution in [2.45, 2.75) is 44.4 Å². The molecule has 10 heteroatoms. The molecule has 210 valence electrons. The number of aliphatic imine (C=N–C) groups is 1. The van der Waals surface area contributed by atoms with Gasteiger partial charge in [0.25, 0.3) is 0 Å². The van der Waals surface area contributed by atoms with Gasteiger partial charge < -0.3 is 24.0 Å². The second-order valence-corrected chi connectivity index (χ2v) is 11.4. The predicted molar refractivity (Wildman–Crippen MR) is 150 cm³/mol. The van der Waals surface area contributed by atoms with E-state index in [4.69, 9.17) is 19.2 Å². The van der Waals surface area contributed by atoms with E-state index in [9.17, 15) is 4.79 Å². The maximum Gasteiger partial charge on any atom is 0.410 e. The summed E-state index contributed by atoms with van der Waals surface area (Å²) in [7, 11) is 1.86. The van der Waals surface area contributed by atoms with Gasteiger partial charge in [0.2, 0.25) is 0 Å². The molecule has 0 bridgehead atoms. The Morgan fingerprint density at radius 2 is 2.00 bits per heavy atom. The maximum absolute atomic E-state index is 12.4. The Morgan fingerprint density at radius 3 is 2.67 bits per heavy atom. The second-order valence-electron chi connectivity index (χ2n) is 11.4. The van der Waals surface area contributed by atoms with Crippen LogP contribution in [0.4, 0.5) is 10.5 Å². The van der Waals surface area contributed by atoms with E-state index in [-0.39, 0.29) is 23.7 Å². The number of dihydropyridines is 1. The molecule has 2 aromatic heterocycles. The quantitative estimate of drug-likeness (QED) is 0.561. The zero-order valence-corrected chi connectivity index (χ0v) is 23.3. The van der Waals surface area contributed by atoms with Crippen LogP contribution in [0.2, 0.25) is 0 Å². The van der Waals surface area contributed by atoms with Crippen molar-refractivity contribution in [3.63, 3.8) is 0 Å².